The maximum absolute atomic E-state index is 12.3. The van der Waals surface area contributed by atoms with E-state index in [0.29, 0.717) is 11.1 Å². The Labute approximate surface area is 106 Å². The van der Waals surface area contributed by atoms with E-state index in [1.807, 2.05) is 0 Å². The molecule has 2 aromatic rings. The van der Waals surface area contributed by atoms with Gasteiger partial charge in [0.25, 0.3) is 0 Å². The predicted octanol–water partition coefficient (Wildman–Crippen LogP) is 2.65. The van der Waals surface area contributed by atoms with Gasteiger partial charge in [-0.15, -0.1) is 0 Å². The highest BCUT2D eigenvalue weighted by Gasteiger charge is 2.48. The molecule has 0 bridgehead atoms. The molecule has 2 rings (SSSR count). The van der Waals surface area contributed by atoms with Crippen LogP contribution in [0, 0.1) is 0 Å². The zero-order valence-corrected chi connectivity index (χ0v) is 10.1. The maximum Gasteiger partial charge on any atom is 0.534 e. The van der Waals surface area contributed by atoms with Crippen LogP contribution in [0.4, 0.5) is 18.9 Å². The minimum absolute atomic E-state index is 0.226. The lowest BCUT2D eigenvalue weighted by Gasteiger charge is -2.11. The van der Waals surface area contributed by atoms with Gasteiger partial charge in [0.1, 0.15) is 0 Å². The van der Waals surface area contributed by atoms with Crippen LogP contribution >= 0.6 is 0 Å². The second-order valence-electron chi connectivity index (χ2n) is 3.72. The molecule has 0 saturated heterocycles. The fraction of sp³-hybridized carbons (Fsp3) is 0.0909. The van der Waals surface area contributed by atoms with Crippen molar-refractivity contribution in [2.75, 3.05) is 5.73 Å². The third-order valence-electron chi connectivity index (χ3n) is 2.35. The van der Waals surface area contributed by atoms with Gasteiger partial charge in [-0.05, 0) is 29.7 Å². The molecule has 0 heterocycles. The number of hydrogen-bond donors (Lipinski definition) is 1. The fourth-order valence-electron chi connectivity index (χ4n) is 1.51. The maximum atomic E-state index is 12.3. The van der Waals surface area contributed by atoms with Crippen LogP contribution in [0.5, 0.6) is 5.75 Å². The van der Waals surface area contributed by atoms with Crippen molar-refractivity contribution in [3.63, 3.8) is 0 Å². The Bertz CT molecular complexity index is 726. The molecule has 8 heteroatoms. The first-order valence-corrected chi connectivity index (χ1v) is 6.40. The Morgan fingerprint density at radius 2 is 1.79 bits per heavy atom. The minimum atomic E-state index is -5.68. The highest BCUT2D eigenvalue weighted by molar-refractivity contribution is 7.88. The van der Waals surface area contributed by atoms with E-state index in [1.54, 1.807) is 6.07 Å². The summed E-state index contributed by atoms with van der Waals surface area (Å²) in [6.07, 6.45) is 0. The average molecular weight is 291 g/mol. The van der Waals surface area contributed by atoms with Crippen molar-refractivity contribution in [2.24, 2.45) is 0 Å². The Kier molecular flexibility index (Phi) is 3.05. The van der Waals surface area contributed by atoms with Gasteiger partial charge < -0.3 is 9.92 Å². The van der Waals surface area contributed by atoms with Crippen molar-refractivity contribution in [3.8, 4) is 5.75 Å². The monoisotopic (exact) mass is 291 g/mol. The highest BCUT2D eigenvalue weighted by atomic mass is 32.2. The first-order valence-electron chi connectivity index (χ1n) is 5.00. The third kappa shape index (κ3) is 2.58. The molecule has 0 saturated carbocycles. The van der Waals surface area contributed by atoms with Gasteiger partial charge in [-0.25, -0.2) is 0 Å². The molecule has 0 unspecified atom stereocenters. The molecule has 102 valence electrons. The van der Waals surface area contributed by atoms with Crippen molar-refractivity contribution in [2.45, 2.75) is 5.51 Å². The van der Waals surface area contributed by atoms with E-state index in [0.717, 1.165) is 6.07 Å². The van der Waals surface area contributed by atoms with Crippen molar-refractivity contribution >= 4 is 26.6 Å². The summed E-state index contributed by atoms with van der Waals surface area (Å²) in [6, 6.07) is 8.44. The van der Waals surface area contributed by atoms with Crippen LogP contribution < -0.4 is 9.92 Å². The van der Waals surface area contributed by atoms with Crippen LogP contribution in [-0.4, -0.2) is 13.9 Å². The molecular formula is C11H8F3NO3S. The quantitative estimate of drug-likeness (QED) is 0.524. The zero-order valence-electron chi connectivity index (χ0n) is 9.31. The lowest BCUT2D eigenvalue weighted by atomic mass is 10.1. The molecule has 0 aliphatic heterocycles. The third-order valence-corrected chi connectivity index (χ3v) is 3.31. The van der Waals surface area contributed by atoms with Crippen LogP contribution in [-0.2, 0) is 10.1 Å². The van der Waals surface area contributed by atoms with E-state index in [4.69, 9.17) is 5.73 Å². The van der Waals surface area contributed by atoms with Gasteiger partial charge in [-0.3, -0.25) is 0 Å². The smallest absolute Gasteiger partial charge is 0.399 e. The zero-order chi connectivity index (χ0) is 14.3. The van der Waals surface area contributed by atoms with Crippen LogP contribution in [0.25, 0.3) is 10.8 Å². The molecule has 0 radical (unpaired) electrons. The van der Waals surface area contributed by atoms with Gasteiger partial charge in [0, 0.05) is 11.1 Å². The Morgan fingerprint density at radius 3 is 2.42 bits per heavy atom. The van der Waals surface area contributed by atoms with Crippen LogP contribution in [0.15, 0.2) is 36.4 Å². The number of benzene rings is 2. The van der Waals surface area contributed by atoms with Crippen molar-refractivity contribution in [1.29, 1.82) is 0 Å². The van der Waals surface area contributed by atoms with Crippen molar-refractivity contribution < 1.29 is 25.8 Å². The van der Waals surface area contributed by atoms with Crippen LogP contribution in [0.2, 0.25) is 0 Å². The molecule has 0 atom stereocenters. The average Bonchev–Trinajstić information content (AvgIpc) is 2.26. The Balaban J connectivity index is 2.53. The van der Waals surface area contributed by atoms with Crippen molar-refractivity contribution in [3.05, 3.63) is 36.4 Å². The standard InChI is InChI=1S/C11H8F3NO3S/c12-11(13,14)19(16,17)18-10-3-1-2-7-6-8(15)4-5-9(7)10/h1-6H,15H2. The van der Waals surface area contributed by atoms with E-state index in [9.17, 15) is 21.6 Å². The summed E-state index contributed by atoms with van der Waals surface area (Å²) in [5.41, 5.74) is 0.468. The van der Waals surface area contributed by atoms with E-state index >= 15 is 0 Å². The lowest BCUT2D eigenvalue weighted by Crippen LogP contribution is -2.28. The number of nitrogen functional groups attached to an aromatic ring is 1. The Morgan fingerprint density at radius 1 is 1.11 bits per heavy atom. The summed E-state index contributed by atoms with van der Waals surface area (Å²) >= 11 is 0. The molecule has 0 aliphatic carbocycles. The van der Waals surface area contributed by atoms with Gasteiger partial charge in [0.15, 0.2) is 5.75 Å². The fourth-order valence-corrected chi connectivity index (χ4v) is 1.99. The van der Waals surface area contributed by atoms with Gasteiger partial charge >= 0.3 is 15.6 Å². The SMILES string of the molecule is Nc1ccc2c(OS(=O)(=O)C(F)(F)F)cccc2c1. The number of anilines is 1. The molecule has 2 N–H and O–H groups in total. The Hall–Kier alpha value is -1.96. The van der Waals surface area contributed by atoms with E-state index in [-0.39, 0.29) is 5.39 Å². The second-order valence-corrected chi connectivity index (χ2v) is 5.26. The van der Waals surface area contributed by atoms with Gasteiger partial charge in [0.05, 0.1) is 0 Å². The first kappa shape index (κ1) is 13.5. The molecular weight excluding hydrogens is 283 g/mol. The summed E-state index contributed by atoms with van der Waals surface area (Å²) in [6.45, 7) is 0. The molecule has 0 aromatic heterocycles. The summed E-state index contributed by atoms with van der Waals surface area (Å²) in [7, 11) is -5.68. The van der Waals surface area contributed by atoms with Crippen LogP contribution in [0.1, 0.15) is 0 Å². The highest BCUT2D eigenvalue weighted by Crippen LogP contribution is 2.32. The summed E-state index contributed by atoms with van der Waals surface area (Å²) in [5.74, 6) is -0.394. The molecule has 0 spiro atoms. The summed E-state index contributed by atoms with van der Waals surface area (Å²) in [5, 5.41) is 0.708. The number of alkyl halides is 3. The van der Waals surface area contributed by atoms with E-state index < -0.39 is 21.4 Å². The number of rotatable bonds is 2. The number of fused-ring (bicyclic) bond motifs is 1. The summed E-state index contributed by atoms with van der Waals surface area (Å²) < 4.78 is 62.8. The van der Waals surface area contributed by atoms with Gasteiger partial charge in [-0.1, -0.05) is 12.1 Å². The molecule has 0 fully saturated rings. The largest absolute Gasteiger partial charge is 0.534 e. The minimum Gasteiger partial charge on any atom is -0.399 e. The van der Waals surface area contributed by atoms with E-state index in [1.165, 1.54) is 24.3 Å². The van der Waals surface area contributed by atoms with Gasteiger partial charge in [-0.2, -0.15) is 21.6 Å². The lowest BCUT2D eigenvalue weighted by molar-refractivity contribution is -0.0499. The number of nitrogens with two attached hydrogens (primary N) is 1. The summed E-state index contributed by atoms with van der Waals surface area (Å²) in [4.78, 5) is 0. The topological polar surface area (TPSA) is 69.4 Å². The molecule has 0 amide bonds. The molecule has 0 aliphatic rings. The first-order chi connectivity index (χ1) is 8.71. The van der Waals surface area contributed by atoms with Crippen LogP contribution in [0.3, 0.4) is 0 Å². The molecule has 2 aromatic carbocycles. The van der Waals surface area contributed by atoms with E-state index in [2.05, 4.69) is 4.18 Å². The number of halogens is 3. The normalized spacial score (nSPS) is 12.6. The van der Waals surface area contributed by atoms with Gasteiger partial charge in [0.2, 0.25) is 0 Å². The van der Waals surface area contributed by atoms with Crippen molar-refractivity contribution in [1.82, 2.24) is 0 Å². The molecule has 19 heavy (non-hydrogen) atoms. The predicted molar refractivity (Wildman–Crippen MR) is 64.0 cm³/mol. The molecule has 4 nitrogen and oxygen atoms in total. The second kappa shape index (κ2) is 4.30. The number of hydrogen-bond acceptors (Lipinski definition) is 4.